The van der Waals surface area contributed by atoms with Gasteiger partial charge in [0.1, 0.15) is 0 Å². The molecule has 235 valence electrons. The lowest BCUT2D eigenvalue weighted by Crippen LogP contribution is -2.14. The highest BCUT2D eigenvalue weighted by Crippen LogP contribution is 2.35. The molecule has 0 bridgehead atoms. The molecule has 0 saturated heterocycles. The first kappa shape index (κ1) is 39.0. The summed E-state index contributed by atoms with van der Waals surface area (Å²) in [5, 5.41) is 0. The van der Waals surface area contributed by atoms with Crippen LogP contribution in [-0.2, 0) is 0 Å². The Balaban J connectivity index is 4.73. The van der Waals surface area contributed by atoms with Crippen LogP contribution < -0.4 is 0 Å². The fourth-order valence-electron chi connectivity index (χ4n) is 6.42. The van der Waals surface area contributed by atoms with Gasteiger partial charge >= 0.3 is 0 Å². The summed E-state index contributed by atoms with van der Waals surface area (Å²) in [6.45, 7) is 16.6. The molecule has 0 N–H and O–H groups in total. The molecule has 0 aromatic carbocycles. The molecule has 0 rings (SSSR count). The maximum absolute atomic E-state index is 2.37. The van der Waals surface area contributed by atoms with Crippen molar-refractivity contribution in [3.05, 3.63) is 5.92 Å². The lowest BCUT2D eigenvalue weighted by atomic mass is 9.78. The number of rotatable bonds is 31. The summed E-state index contributed by atoms with van der Waals surface area (Å²) in [6, 6.07) is 0. The van der Waals surface area contributed by atoms with E-state index >= 15 is 0 Å². The average molecular weight is 548 g/mol. The Bertz CT molecular complexity index is 425. The Morgan fingerprint density at radius 1 is 0.333 bits per heavy atom. The maximum Gasteiger partial charge on any atom is -0.0210 e. The van der Waals surface area contributed by atoms with Crippen LogP contribution in [0.5, 0.6) is 0 Å². The van der Waals surface area contributed by atoms with Crippen molar-refractivity contribution in [1.82, 2.24) is 0 Å². The minimum Gasteiger partial charge on any atom is -0.0654 e. The Labute approximate surface area is 251 Å². The zero-order chi connectivity index (χ0) is 29.0. The van der Waals surface area contributed by atoms with Crippen molar-refractivity contribution in [1.29, 1.82) is 0 Å². The Kier molecular flexibility index (Phi) is 29.5. The van der Waals surface area contributed by atoms with E-state index in [0.29, 0.717) is 0 Å². The predicted molar refractivity (Wildman–Crippen MR) is 182 cm³/mol. The monoisotopic (exact) mass is 548 g/mol. The Hall–Kier alpha value is 0. The van der Waals surface area contributed by atoms with Gasteiger partial charge < -0.3 is 0 Å². The van der Waals surface area contributed by atoms with E-state index in [1.165, 1.54) is 173 Å². The average Bonchev–Trinajstić information content (AvgIpc) is 2.88. The third-order valence-electron chi connectivity index (χ3n) is 9.13. The molecule has 0 aliphatic carbocycles. The number of unbranched alkanes of at least 4 members (excludes halogenated alkanes) is 16. The van der Waals surface area contributed by atoms with Crippen molar-refractivity contribution < 1.29 is 0 Å². The highest BCUT2D eigenvalue weighted by Gasteiger charge is 2.21. The summed E-state index contributed by atoms with van der Waals surface area (Å²) in [7, 11) is 0. The molecule has 39 heavy (non-hydrogen) atoms. The normalized spacial score (nSPS) is 13.0. The van der Waals surface area contributed by atoms with E-state index in [4.69, 9.17) is 0 Å². The Morgan fingerprint density at radius 2 is 0.615 bits per heavy atom. The smallest absolute Gasteiger partial charge is 0.0210 e. The van der Waals surface area contributed by atoms with Gasteiger partial charge in [0.15, 0.2) is 0 Å². The number of hydrogen-bond acceptors (Lipinski definition) is 0. The molecular formula is C39H79. The summed E-state index contributed by atoms with van der Waals surface area (Å²) < 4.78 is 0. The van der Waals surface area contributed by atoms with E-state index in [1.807, 2.05) is 5.92 Å². The van der Waals surface area contributed by atoms with Gasteiger partial charge in [-0.25, -0.2) is 0 Å². The standard InChI is InChI=1S/C39H79/c1-8-9-10-14-24-31-38(32-25-18-11-15-21-28-35(2)3)39(33-26-19-12-16-22-29-36(4)5)34-27-20-13-17-23-30-37(6)7/h35-38H,8-34H2,1-7H3. The summed E-state index contributed by atoms with van der Waals surface area (Å²) in [5.74, 6) is 5.58. The molecule has 0 aromatic heterocycles. The van der Waals surface area contributed by atoms with Crippen LogP contribution in [0, 0.1) is 29.6 Å². The van der Waals surface area contributed by atoms with E-state index in [2.05, 4.69) is 48.5 Å². The van der Waals surface area contributed by atoms with Gasteiger partial charge in [-0.05, 0) is 55.3 Å². The van der Waals surface area contributed by atoms with Crippen molar-refractivity contribution in [2.24, 2.45) is 23.7 Å². The minimum absolute atomic E-state index is 0.878. The van der Waals surface area contributed by atoms with Gasteiger partial charge in [-0.2, -0.15) is 0 Å². The summed E-state index contributed by atoms with van der Waals surface area (Å²) in [5.41, 5.74) is 0. The highest BCUT2D eigenvalue weighted by atomic mass is 14.3. The summed E-state index contributed by atoms with van der Waals surface area (Å²) >= 11 is 0. The van der Waals surface area contributed by atoms with Gasteiger partial charge in [0, 0.05) is 0 Å². The molecule has 0 heterocycles. The van der Waals surface area contributed by atoms with E-state index in [-0.39, 0.29) is 0 Å². The second-order valence-electron chi connectivity index (χ2n) is 14.7. The second kappa shape index (κ2) is 29.5. The molecule has 0 aromatic rings. The predicted octanol–water partition coefficient (Wildman–Crippen LogP) is 14.7. The van der Waals surface area contributed by atoms with Crippen LogP contribution >= 0.6 is 0 Å². The maximum atomic E-state index is 2.37. The van der Waals surface area contributed by atoms with E-state index < -0.39 is 0 Å². The molecule has 0 amide bonds. The van der Waals surface area contributed by atoms with Crippen molar-refractivity contribution in [3.8, 4) is 0 Å². The molecule has 1 atom stereocenters. The van der Waals surface area contributed by atoms with Gasteiger partial charge in [-0.3, -0.25) is 0 Å². The third kappa shape index (κ3) is 29.3. The van der Waals surface area contributed by atoms with Gasteiger partial charge in [-0.15, -0.1) is 0 Å². The topological polar surface area (TPSA) is 0 Å². The molecular weight excluding hydrogens is 468 g/mol. The molecule has 0 heteroatoms. The SMILES string of the molecule is CCCCCCCC(CCCCCCCC(C)C)[C](CCCCCCCC(C)C)CCCCCCCC(C)C. The van der Waals surface area contributed by atoms with Gasteiger partial charge in [0.2, 0.25) is 0 Å². The van der Waals surface area contributed by atoms with Crippen molar-refractivity contribution >= 4 is 0 Å². The third-order valence-corrected chi connectivity index (χ3v) is 9.13. The molecule has 1 radical (unpaired) electrons. The van der Waals surface area contributed by atoms with Crippen LogP contribution in [0.1, 0.15) is 222 Å². The first-order chi connectivity index (χ1) is 18.9. The van der Waals surface area contributed by atoms with Crippen molar-refractivity contribution in [2.75, 3.05) is 0 Å². The first-order valence-electron chi connectivity index (χ1n) is 18.7. The largest absolute Gasteiger partial charge is 0.0654 e. The van der Waals surface area contributed by atoms with Gasteiger partial charge in [0.25, 0.3) is 0 Å². The van der Waals surface area contributed by atoms with Crippen molar-refractivity contribution in [2.45, 2.75) is 222 Å². The van der Waals surface area contributed by atoms with Crippen LogP contribution in [0.25, 0.3) is 0 Å². The number of hydrogen-bond donors (Lipinski definition) is 0. The Morgan fingerprint density at radius 3 is 0.949 bits per heavy atom. The molecule has 0 aliphatic rings. The lowest BCUT2D eigenvalue weighted by Gasteiger charge is -2.28. The van der Waals surface area contributed by atoms with Crippen LogP contribution in [0.2, 0.25) is 0 Å². The lowest BCUT2D eigenvalue weighted by molar-refractivity contribution is 0.370. The van der Waals surface area contributed by atoms with E-state index in [1.54, 1.807) is 0 Å². The van der Waals surface area contributed by atoms with Gasteiger partial charge in [-0.1, -0.05) is 196 Å². The van der Waals surface area contributed by atoms with Crippen LogP contribution in [-0.4, -0.2) is 0 Å². The molecule has 1 unspecified atom stereocenters. The molecule has 0 aliphatic heterocycles. The minimum atomic E-state index is 0.878. The quantitative estimate of drug-likeness (QED) is 0.0757. The molecule has 0 fully saturated rings. The van der Waals surface area contributed by atoms with E-state index in [9.17, 15) is 0 Å². The van der Waals surface area contributed by atoms with Crippen LogP contribution in [0.15, 0.2) is 0 Å². The van der Waals surface area contributed by atoms with Crippen molar-refractivity contribution in [3.63, 3.8) is 0 Å². The van der Waals surface area contributed by atoms with Crippen LogP contribution in [0.3, 0.4) is 0 Å². The molecule has 0 spiro atoms. The zero-order valence-electron chi connectivity index (χ0n) is 28.9. The fraction of sp³-hybridized carbons (Fsp3) is 0.974. The molecule has 0 saturated carbocycles. The fourth-order valence-corrected chi connectivity index (χ4v) is 6.42. The van der Waals surface area contributed by atoms with Crippen LogP contribution in [0.4, 0.5) is 0 Å². The highest BCUT2D eigenvalue weighted by molar-refractivity contribution is 4.96. The summed E-state index contributed by atoms with van der Waals surface area (Å²) in [4.78, 5) is 0. The zero-order valence-corrected chi connectivity index (χ0v) is 28.9. The molecule has 0 nitrogen and oxygen atoms in total. The first-order valence-corrected chi connectivity index (χ1v) is 18.7. The second-order valence-corrected chi connectivity index (χ2v) is 14.7. The summed E-state index contributed by atoms with van der Waals surface area (Å²) in [6.07, 6.45) is 39.3. The van der Waals surface area contributed by atoms with E-state index in [0.717, 1.165) is 23.7 Å². The van der Waals surface area contributed by atoms with Gasteiger partial charge in [0.05, 0.1) is 0 Å².